The zero-order chi connectivity index (χ0) is 19.7. The van der Waals surface area contributed by atoms with Crippen LogP contribution in [-0.2, 0) is 0 Å². The van der Waals surface area contributed by atoms with E-state index in [1.54, 1.807) is 78.9 Å². The molecular weight excluding hydrogens is 471 g/mol. The van der Waals surface area contributed by atoms with Crippen molar-refractivity contribution in [1.82, 2.24) is 5.01 Å². The molecule has 1 aliphatic heterocycles. The molecule has 0 bridgehead atoms. The van der Waals surface area contributed by atoms with Crippen molar-refractivity contribution in [3.63, 3.8) is 0 Å². The van der Waals surface area contributed by atoms with Crippen molar-refractivity contribution in [2.24, 2.45) is 0 Å². The number of imide groups is 1. The van der Waals surface area contributed by atoms with E-state index in [0.717, 1.165) is 13.6 Å². The number of ether oxygens (including phenoxy) is 1. The molecule has 0 spiro atoms. The van der Waals surface area contributed by atoms with Gasteiger partial charge in [-0.05, 0) is 71.1 Å². The zero-order valence-electron chi connectivity index (χ0n) is 14.4. The van der Waals surface area contributed by atoms with Gasteiger partial charge >= 0.3 is 6.09 Å². The van der Waals surface area contributed by atoms with Crippen LogP contribution in [0.3, 0.4) is 0 Å². The minimum Gasteiger partial charge on any atom is -0.409 e. The van der Waals surface area contributed by atoms with E-state index in [1.807, 2.05) is 0 Å². The molecule has 4 rings (SSSR count). The van der Waals surface area contributed by atoms with Crippen LogP contribution >= 0.6 is 22.6 Å². The lowest BCUT2D eigenvalue weighted by atomic mass is 10.1. The molecule has 0 atom stereocenters. The molecular formula is C21H13IN2O4. The maximum Gasteiger partial charge on any atom is 0.439 e. The third kappa shape index (κ3) is 3.24. The van der Waals surface area contributed by atoms with Gasteiger partial charge in [0.25, 0.3) is 11.8 Å². The van der Waals surface area contributed by atoms with Gasteiger partial charge in [-0.1, -0.05) is 30.3 Å². The Balaban J connectivity index is 1.76. The Hall–Kier alpha value is -3.20. The highest BCUT2D eigenvalue weighted by molar-refractivity contribution is 14.1. The monoisotopic (exact) mass is 484 g/mol. The molecule has 138 valence electrons. The lowest BCUT2D eigenvalue weighted by Crippen LogP contribution is -2.51. The lowest BCUT2D eigenvalue weighted by Gasteiger charge is -2.28. The summed E-state index contributed by atoms with van der Waals surface area (Å²) >= 11 is 2.13. The van der Waals surface area contributed by atoms with Gasteiger partial charge in [0.2, 0.25) is 0 Å². The van der Waals surface area contributed by atoms with Gasteiger partial charge in [-0.15, -0.1) is 0 Å². The van der Waals surface area contributed by atoms with Crippen LogP contribution in [0.25, 0.3) is 0 Å². The first-order valence-corrected chi connectivity index (χ1v) is 9.44. The standard InChI is InChI=1S/C21H13IN2O4/c22-14-10-12-15(13-11-14)23(21(27)28-16-6-2-1-3-7-16)24-19(25)17-8-4-5-9-18(17)20(24)26/h1-13H. The van der Waals surface area contributed by atoms with Crippen molar-refractivity contribution in [2.75, 3.05) is 5.01 Å². The fourth-order valence-electron chi connectivity index (χ4n) is 2.88. The predicted molar refractivity (Wildman–Crippen MR) is 111 cm³/mol. The summed E-state index contributed by atoms with van der Waals surface area (Å²) in [5, 5.41) is 1.78. The summed E-state index contributed by atoms with van der Waals surface area (Å²) in [6.45, 7) is 0. The van der Waals surface area contributed by atoms with Crippen LogP contribution in [0.15, 0.2) is 78.9 Å². The number of hydrazine groups is 1. The largest absolute Gasteiger partial charge is 0.439 e. The number of anilines is 1. The van der Waals surface area contributed by atoms with E-state index in [0.29, 0.717) is 11.4 Å². The first-order valence-electron chi connectivity index (χ1n) is 8.36. The molecule has 0 radical (unpaired) electrons. The van der Waals surface area contributed by atoms with E-state index in [9.17, 15) is 14.4 Å². The van der Waals surface area contributed by atoms with E-state index < -0.39 is 17.9 Å². The van der Waals surface area contributed by atoms with Gasteiger partial charge in [-0.3, -0.25) is 9.59 Å². The summed E-state index contributed by atoms with van der Waals surface area (Å²) in [6.07, 6.45) is -0.859. The van der Waals surface area contributed by atoms with Crippen molar-refractivity contribution in [2.45, 2.75) is 0 Å². The quantitative estimate of drug-likeness (QED) is 0.406. The molecule has 3 amide bonds. The first kappa shape index (κ1) is 18.2. The summed E-state index contributed by atoms with van der Waals surface area (Å²) in [6, 6.07) is 21.8. The number of nitrogens with zero attached hydrogens (tertiary/aromatic N) is 2. The van der Waals surface area contributed by atoms with Crippen molar-refractivity contribution >= 4 is 46.2 Å². The molecule has 7 heteroatoms. The van der Waals surface area contributed by atoms with Crippen LogP contribution in [0, 0.1) is 3.57 Å². The minimum atomic E-state index is -0.859. The number of hydrogen-bond donors (Lipinski definition) is 0. The Bertz CT molecular complexity index is 1030. The van der Waals surface area contributed by atoms with E-state index in [4.69, 9.17) is 4.74 Å². The maximum absolute atomic E-state index is 13.0. The number of carbonyl (C=O) groups is 3. The molecule has 0 saturated carbocycles. The lowest BCUT2D eigenvalue weighted by molar-refractivity contribution is 0.0630. The second kappa shape index (κ2) is 7.43. The van der Waals surface area contributed by atoms with E-state index in [1.165, 1.54) is 0 Å². The van der Waals surface area contributed by atoms with Crippen LogP contribution in [0.2, 0.25) is 0 Å². The number of benzene rings is 3. The van der Waals surface area contributed by atoms with E-state index >= 15 is 0 Å². The molecule has 0 unspecified atom stereocenters. The Kier molecular flexibility index (Phi) is 4.82. The summed E-state index contributed by atoms with van der Waals surface area (Å²) in [5.41, 5.74) is 0.835. The van der Waals surface area contributed by atoms with E-state index in [-0.39, 0.29) is 11.1 Å². The maximum atomic E-state index is 13.0. The Morgan fingerprint density at radius 2 is 1.32 bits per heavy atom. The highest BCUT2D eigenvalue weighted by atomic mass is 127. The highest BCUT2D eigenvalue weighted by Gasteiger charge is 2.42. The normalized spacial score (nSPS) is 12.7. The van der Waals surface area contributed by atoms with Gasteiger partial charge in [-0.2, -0.15) is 10.0 Å². The molecule has 3 aromatic carbocycles. The third-order valence-electron chi connectivity index (χ3n) is 4.17. The molecule has 0 aliphatic carbocycles. The number of halogens is 1. The number of para-hydroxylation sites is 1. The van der Waals surface area contributed by atoms with Crippen LogP contribution in [0.1, 0.15) is 20.7 Å². The van der Waals surface area contributed by atoms with Crippen molar-refractivity contribution in [3.05, 3.63) is 93.6 Å². The van der Waals surface area contributed by atoms with Crippen molar-refractivity contribution in [3.8, 4) is 5.75 Å². The Labute approximate surface area is 174 Å². The van der Waals surface area contributed by atoms with Crippen LogP contribution in [-0.4, -0.2) is 22.9 Å². The first-order chi connectivity index (χ1) is 13.6. The molecule has 28 heavy (non-hydrogen) atoms. The number of rotatable bonds is 3. The van der Waals surface area contributed by atoms with Gasteiger partial charge in [0.05, 0.1) is 16.8 Å². The van der Waals surface area contributed by atoms with E-state index in [2.05, 4.69) is 22.6 Å². The number of amides is 3. The zero-order valence-corrected chi connectivity index (χ0v) is 16.6. The topological polar surface area (TPSA) is 66.9 Å². The van der Waals surface area contributed by atoms with Crippen LogP contribution in [0.5, 0.6) is 5.75 Å². The Morgan fingerprint density at radius 1 is 0.786 bits per heavy atom. The van der Waals surface area contributed by atoms with Gasteiger partial charge in [-0.25, -0.2) is 4.79 Å². The summed E-state index contributed by atoms with van der Waals surface area (Å²) in [5.74, 6) is -0.854. The van der Waals surface area contributed by atoms with Crippen molar-refractivity contribution in [1.29, 1.82) is 0 Å². The smallest absolute Gasteiger partial charge is 0.409 e. The molecule has 6 nitrogen and oxygen atoms in total. The minimum absolute atomic E-state index is 0.246. The highest BCUT2D eigenvalue weighted by Crippen LogP contribution is 2.29. The third-order valence-corrected chi connectivity index (χ3v) is 4.88. The Morgan fingerprint density at radius 3 is 1.89 bits per heavy atom. The summed E-state index contributed by atoms with van der Waals surface area (Å²) in [7, 11) is 0. The van der Waals surface area contributed by atoms with Gasteiger partial charge in [0.15, 0.2) is 0 Å². The number of carbonyl (C=O) groups excluding carboxylic acids is 3. The summed E-state index contributed by atoms with van der Waals surface area (Å²) in [4.78, 5) is 38.8. The summed E-state index contributed by atoms with van der Waals surface area (Å²) < 4.78 is 6.35. The second-order valence-corrected chi connectivity index (χ2v) is 7.18. The molecule has 1 heterocycles. The fourth-order valence-corrected chi connectivity index (χ4v) is 3.24. The molecule has 1 aliphatic rings. The van der Waals surface area contributed by atoms with Crippen LogP contribution < -0.4 is 9.75 Å². The molecule has 0 aromatic heterocycles. The SMILES string of the molecule is O=C1c2ccccc2C(=O)N1N(C(=O)Oc1ccccc1)c1ccc(I)cc1. The fraction of sp³-hybridized carbons (Fsp3) is 0. The molecule has 0 N–H and O–H groups in total. The van der Waals surface area contributed by atoms with Gasteiger partial charge in [0, 0.05) is 3.57 Å². The predicted octanol–water partition coefficient (Wildman–Crippen LogP) is 4.51. The average molecular weight is 484 g/mol. The van der Waals surface area contributed by atoms with Crippen molar-refractivity contribution < 1.29 is 19.1 Å². The van der Waals surface area contributed by atoms with Gasteiger partial charge < -0.3 is 4.74 Å². The second-order valence-electron chi connectivity index (χ2n) is 5.94. The van der Waals surface area contributed by atoms with Crippen LogP contribution in [0.4, 0.5) is 10.5 Å². The van der Waals surface area contributed by atoms with Gasteiger partial charge in [0.1, 0.15) is 5.75 Å². The number of hydrogen-bond acceptors (Lipinski definition) is 4. The average Bonchev–Trinajstić information content (AvgIpc) is 2.96. The molecule has 0 fully saturated rings. The molecule has 0 saturated heterocycles. The number of fused-ring (bicyclic) bond motifs is 1. The molecule has 3 aromatic rings.